The Morgan fingerprint density at radius 2 is 0.812 bits per heavy atom. The zero-order valence-electron chi connectivity index (χ0n) is 51.4. The summed E-state index contributed by atoms with van der Waals surface area (Å²) in [4.78, 5) is 47.5. The number of anilines is 2. The lowest BCUT2D eigenvalue weighted by atomic mass is 9.91. The number of carbonyl (C=O) groups excluding carboxylic acids is 2. The Kier molecular flexibility index (Phi) is 25.0. The van der Waals surface area contributed by atoms with Crippen LogP contribution in [-0.2, 0) is 10.8 Å². The van der Waals surface area contributed by atoms with Gasteiger partial charge in [0.05, 0.1) is 33.9 Å². The summed E-state index contributed by atoms with van der Waals surface area (Å²) in [5, 5.41) is 29.0. The number of hydrogen-bond donors (Lipinski definition) is 2. The number of aromatic nitrogens is 7. The first-order valence-corrected chi connectivity index (χ1v) is 30.4. The second-order valence-electron chi connectivity index (χ2n) is 24.1. The normalized spacial score (nSPS) is 13.8. The lowest BCUT2D eigenvalue weighted by Gasteiger charge is -2.31. The van der Waals surface area contributed by atoms with Gasteiger partial charge in [0.15, 0.2) is 23.0 Å². The van der Waals surface area contributed by atoms with E-state index in [1.807, 2.05) is 90.1 Å². The van der Waals surface area contributed by atoms with Crippen LogP contribution in [0.1, 0.15) is 232 Å². The third-order valence-corrected chi connectivity index (χ3v) is 15.6. The van der Waals surface area contributed by atoms with E-state index in [2.05, 4.69) is 75.2 Å². The van der Waals surface area contributed by atoms with Crippen molar-refractivity contribution in [2.45, 2.75) is 210 Å². The maximum Gasteiger partial charge on any atom is 0.257 e. The van der Waals surface area contributed by atoms with Crippen LogP contribution >= 0.6 is 0 Å². The van der Waals surface area contributed by atoms with Gasteiger partial charge < -0.3 is 21.3 Å². The lowest BCUT2D eigenvalue weighted by Crippen LogP contribution is -2.39. The average Bonchev–Trinajstić information content (AvgIpc) is 4.14. The summed E-state index contributed by atoms with van der Waals surface area (Å²) in [6.45, 7) is 32.7. The molecule has 0 aliphatic heterocycles. The maximum absolute atomic E-state index is 14.8. The zero-order chi connectivity index (χ0) is 58.6. The Balaban J connectivity index is 1.53. The molecule has 0 bridgehead atoms. The lowest BCUT2D eigenvalue weighted by molar-refractivity contribution is 0.0679. The van der Waals surface area contributed by atoms with Gasteiger partial charge in [0.1, 0.15) is 6.33 Å². The fourth-order valence-corrected chi connectivity index (χ4v) is 10.3. The molecule has 80 heavy (non-hydrogen) atoms. The number of carbonyl (C=O) groups is 2. The monoisotopic (exact) mass is 1100 g/mol. The van der Waals surface area contributed by atoms with E-state index in [4.69, 9.17) is 47.1 Å². The first-order valence-electron chi connectivity index (χ1n) is 30.4. The molecule has 0 radical (unpaired) electrons. The molecule has 3 heterocycles. The quantitative estimate of drug-likeness (QED) is 0.0391. The average molecular weight is 1100 g/mol. The number of azo groups is 2. The molecule has 2 amide bonds. The Labute approximate surface area is 479 Å². The molecular formula is C63H99N15O2. The van der Waals surface area contributed by atoms with Gasteiger partial charge in [0.2, 0.25) is 0 Å². The van der Waals surface area contributed by atoms with Crippen LogP contribution in [0.15, 0.2) is 75.3 Å². The smallest absolute Gasteiger partial charge is 0.257 e. The van der Waals surface area contributed by atoms with Gasteiger partial charge in [-0.2, -0.15) is 34.5 Å². The van der Waals surface area contributed by atoms with Crippen molar-refractivity contribution in [1.29, 1.82) is 0 Å². The summed E-state index contributed by atoms with van der Waals surface area (Å²) >= 11 is 0. The van der Waals surface area contributed by atoms with Crippen LogP contribution < -0.4 is 11.5 Å². The van der Waals surface area contributed by atoms with E-state index in [0.29, 0.717) is 95.1 Å². The van der Waals surface area contributed by atoms with Crippen molar-refractivity contribution in [2.24, 2.45) is 44.1 Å². The molecule has 4 unspecified atom stereocenters. The third kappa shape index (κ3) is 17.3. The van der Waals surface area contributed by atoms with Crippen molar-refractivity contribution >= 4 is 46.2 Å². The minimum Gasteiger partial charge on any atom is -0.382 e. The summed E-state index contributed by atoms with van der Waals surface area (Å²) in [6.07, 6.45) is 18.8. The van der Waals surface area contributed by atoms with Gasteiger partial charge in [0.25, 0.3) is 23.7 Å². The molecule has 0 aliphatic carbocycles. The number of hydrogen-bond acceptors (Lipinski definition) is 13. The van der Waals surface area contributed by atoms with Gasteiger partial charge in [-0.25, -0.2) is 0 Å². The predicted molar refractivity (Wildman–Crippen MR) is 327 cm³/mol. The van der Waals surface area contributed by atoms with Gasteiger partial charge in [-0.1, -0.05) is 198 Å². The first kappa shape index (κ1) is 64.4. The summed E-state index contributed by atoms with van der Waals surface area (Å²) < 4.78 is 2.84. The number of benzene rings is 2. The molecule has 4 atom stereocenters. The molecule has 0 saturated carbocycles. The van der Waals surface area contributed by atoms with Crippen LogP contribution in [-0.4, -0.2) is 82.3 Å². The molecular weight excluding hydrogens is 999 g/mol. The Hall–Kier alpha value is -6.39. The molecule has 0 fully saturated rings. The van der Waals surface area contributed by atoms with Crippen LogP contribution in [0.2, 0.25) is 0 Å². The molecule has 0 saturated heterocycles. The molecule has 17 heteroatoms. The Bertz CT molecular complexity index is 2560. The summed E-state index contributed by atoms with van der Waals surface area (Å²) in [5.41, 5.74) is 16.5. The highest BCUT2D eigenvalue weighted by molar-refractivity contribution is 5.99. The fourth-order valence-electron chi connectivity index (χ4n) is 10.3. The largest absolute Gasteiger partial charge is 0.382 e. The zero-order valence-corrected chi connectivity index (χ0v) is 51.4. The topological polar surface area (TPSA) is 216 Å². The number of nitrogens with two attached hydrogens (primary N) is 2. The number of nitrogen functional groups attached to an aromatic ring is 2. The molecule has 4 N–H and O–H groups in total. The molecule has 3 aromatic heterocycles. The highest BCUT2D eigenvalue weighted by Gasteiger charge is 2.32. The minimum atomic E-state index is -0.550. The molecule has 5 aromatic rings. The highest BCUT2D eigenvalue weighted by Crippen LogP contribution is 2.40. The van der Waals surface area contributed by atoms with E-state index in [1.54, 1.807) is 0 Å². The van der Waals surface area contributed by atoms with Gasteiger partial charge >= 0.3 is 0 Å². The molecule has 5 rings (SSSR count). The van der Waals surface area contributed by atoms with Crippen LogP contribution in [0, 0.1) is 23.7 Å². The Morgan fingerprint density at radius 1 is 0.500 bits per heavy atom. The number of amides is 2. The molecule has 0 aliphatic rings. The maximum atomic E-state index is 14.8. The fraction of sp³-hybridized carbons (Fsp3) is 0.635. The van der Waals surface area contributed by atoms with Gasteiger partial charge in [-0.15, -0.1) is 20.5 Å². The van der Waals surface area contributed by atoms with Gasteiger partial charge in [-0.05, 0) is 73.6 Å². The first-order chi connectivity index (χ1) is 38.3. The van der Waals surface area contributed by atoms with E-state index < -0.39 is 10.8 Å². The van der Waals surface area contributed by atoms with E-state index in [9.17, 15) is 9.59 Å². The standard InChI is InChI=1S/C63H99N15O2/c1-15-23-31-44(19-5)39-75(40-45(20-6)32-24-16-2)58(79)48-35-27-29-37-50(48)69-71-52-54(62(9,10)11)73-77(56(52)64)60-66-43-67-61(68-60)78-57(65)53(55(74-78)63(12,13)14)72-70-51-38-30-28-36-49(51)59(80)76(41-46(21-7)33-25-17-3)42-47(22-8)34-26-18-4/h27-30,35-38,43-47H,15-26,31-34,39-42,64-65H2,1-14H3. The SMILES string of the molecule is CCCCC(CC)CN(CC(CC)CCCC)C(=O)c1ccccc1N=Nc1c(C(C)(C)C)nn(-c2ncnc(-n3nc(C(C)(C)C)c(N=Nc4ccccc4C(=O)N(CC(CC)CCCC)CC(CC)CCCC)c3N)n2)c1N. The van der Waals surface area contributed by atoms with Crippen molar-refractivity contribution in [2.75, 3.05) is 37.6 Å². The van der Waals surface area contributed by atoms with Crippen molar-refractivity contribution in [3.63, 3.8) is 0 Å². The highest BCUT2D eigenvalue weighted by atomic mass is 16.2. The Morgan fingerprint density at radius 3 is 1.10 bits per heavy atom. The summed E-state index contributed by atoms with van der Waals surface area (Å²) in [7, 11) is 0. The van der Waals surface area contributed by atoms with Crippen LogP contribution in [0.25, 0.3) is 11.9 Å². The van der Waals surface area contributed by atoms with Crippen LogP contribution in [0.3, 0.4) is 0 Å². The van der Waals surface area contributed by atoms with Crippen molar-refractivity contribution in [3.8, 4) is 11.9 Å². The van der Waals surface area contributed by atoms with Crippen LogP contribution in [0.5, 0.6) is 0 Å². The van der Waals surface area contributed by atoms with Crippen molar-refractivity contribution < 1.29 is 9.59 Å². The van der Waals surface area contributed by atoms with Crippen molar-refractivity contribution in [3.05, 3.63) is 77.4 Å². The molecule has 438 valence electrons. The van der Waals surface area contributed by atoms with E-state index in [-0.39, 0.29) is 35.3 Å². The van der Waals surface area contributed by atoms with Crippen molar-refractivity contribution in [1.82, 2.24) is 44.3 Å². The third-order valence-electron chi connectivity index (χ3n) is 15.6. The van der Waals surface area contributed by atoms with Gasteiger partial charge in [-0.3, -0.25) is 9.59 Å². The van der Waals surface area contributed by atoms with E-state index in [1.165, 1.54) is 15.7 Å². The van der Waals surface area contributed by atoms with Crippen LogP contribution in [0.4, 0.5) is 34.4 Å². The summed E-state index contributed by atoms with van der Waals surface area (Å²) in [5.74, 6) is 2.03. The number of rotatable bonds is 32. The molecule has 0 spiro atoms. The summed E-state index contributed by atoms with van der Waals surface area (Å²) in [6, 6.07) is 14.8. The van der Waals surface area contributed by atoms with E-state index >= 15 is 0 Å². The minimum absolute atomic E-state index is 0.0440. The predicted octanol–water partition coefficient (Wildman–Crippen LogP) is 16.6. The molecule has 2 aromatic carbocycles. The van der Waals surface area contributed by atoms with Gasteiger partial charge in [0, 0.05) is 37.0 Å². The van der Waals surface area contributed by atoms with E-state index in [0.717, 1.165) is 103 Å². The second kappa shape index (κ2) is 31.0. The second-order valence-corrected chi connectivity index (χ2v) is 24.1. The number of unbranched alkanes of at least 4 members (excludes halogenated alkanes) is 4. The molecule has 17 nitrogen and oxygen atoms in total. The number of nitrogens with zero attached hydrogens (tertiary/aromatic N) is 13.